The third-order valence-corrected chi connectivity index (χ3v) is 7.15. The molecule has 0 aliphatic carbocycles. The molecule has 1 aromatic carbocycles. The second-order valence-electron chi connectivity index (χ2n) is 9.60. The molecule has 1 aromatic heterocycles. The van der Waals surface area contributed by atoms with Gasteiger partial charge in [-0.15, -0.1) is 0 Å². The fourth-order valence-electron chi connectivity index (χ4n) is 4.90. The predicted molar refractivity (Wildman–Crippen MR) is 126 cm³/mol. The number of amides is 2. The van der Waals surface area contributed by atoms with Crippen molar-refractivity contribution in [1.29, 1.82) is 0 Å². The van der Waals surface area contributed by atoms with Crippen molar-refractivity contribution in [3.63, 3.8) is 0 Å². The Hall–Kier alpha value is -2.91. The molecule has 4 rings (SSSR count). The summed E-state index contributed by atoms with van der Waals surface area (Å²) in [5.74, 6) is 0.612. The molecule has 1 spiro atoms. The number of piperidine rings is 1. The van der Waals surface area contributed by atoms with E-state index in [1.807, 2.05) is 31.2 Å². The SMILES string of the molecule is CCOc1ccc(-c2cc(C(=O)N3CCC4(CC3)C[C@H](N(C)C(C)=O)[C@@](C)(O)CO4)[nH]n2)cc1. The number of aliphatic hydroxyl groups is 1. The molecule has 2 aromatic rings. The van der Waals surface area contributed by atoms with Crippen molar-refractivity contribution in [3.8, 4) is 17.0 Å². The maximum atomic E-state index is 13.1. The van der Waals surface area contributed by atoms with Crippen LogP contribution in [0, 0.1) is 0 Å². The van der Waals surface area contributed by atoms with Gasteiger partial charge in [0.15, 0.2) is 0 Å². The zero-order valence-corrected chi connectivity index (χ0v) is 20.3. The Morgan fingerprint density at radius 3 is 2.59 bits per heavy atom. The molecular weight excluding hydrogens is 436 g/mol. The lowest BCUT2D eigenvalue weighted by atomic mass is 9.77. The molecule has 2 aliphatic heterocycles. The Labute approximate surface area is 200 Å². The molecule has 0 radical (unpaired) electrons. The summed E-state index contributed by atoms with van der Waals surface area (Å²) in [6.07, 6.45) is 1.85. The van der Waals surface area contributed by atoms with E-state index in [0.29, 0.717) is 50.3 Å². The van der Waals surface area contributed by atoms with Crippen molar-refractivity contribution < 1.29 is 24.2 Å². The number of carbonyl (C=O) groups is 2. The lowest BCUT2D eigenvalue weighted by molar-refractivity contribution is -0.207. The summed E-state index contributed by atoms with van der Waals surface area (Å²) in [5, 5.41) is 18.0. The molecule has 0 saturated carbocycles. The van der Waals surface area contributed by atoms with Gasteiger partial charge >= 0.3 is 0 Å². The number of hydrogen-bond donors (Lipinski definition) is 2. The molecule has 2 N–H and O–H groups in total. The number of aromatic nitrogens is 2. The van der Waals surface area contributed by atoms with Crippen LogP contribution in [-0.2, 0) is 9.53 Å². The van der Waals surface area contributed by atoms with Gasteiger partial charge in [-0.05, 0) is 63.4 Å². The number of nitrogens with zero attached hydrogens (tertiary/aromatic N) is 3. The highest BCUT2D eigenvalue weighted by atomic mass is 16.5. The molecule has 9 nitrogen and oxygen atoms in total. The molecule has 2 fully saturated rings. The van der Waals surface area contributed by atoms with E-state index >= 15 is 0 Å². The van der Waals surface area contributed by atoms with Gasteiger partial charge in [0.1, 0.15) is 17.0 Å². The maximum Gasteiger partial charge on any atom is 0.271 e. The number of aromatic amines is 1. The largest absolute Gasteiger partial charge is 0.494 e. The van der Waals surface area contributed by atoms with Crippen LogP contribution >= 0.6 is 0 Å². The zero-order valence-electron chi connectivity index (χ0n) is 20.3. The second kappa shape index (κ2) is 9.38. The van der Waals surface area contributed by atoms with E-state index in [0.717, 1.165) is 11.3 Å². The van der Waals surface area contributed by atoms with Crippen LogP contribution in [0.1, 0.15) is 50.5 Å². The fourth-order valence-corrected chi connectivity index (χ4v) is 4.90. The molecule has 9 heteroatoms. The summed E-state index contributed by atoms with van der Waals surface area (Å²) in [6.45, 7) is 7.00. The van der Waals surface area contributed by atoms with Crippen LogP contribution in [0.5, 0.6) is 5.75 Å². The summed E-state index contributed by atoms with van der Waals surface area (Å²) in [4.78, 5) is 28.5. The first-order chi connectivity index (χ1) is 16.1. The average Bonchev–Trinajstić information content (AvgIpc) is 3.31. The van der Waals surface area contributed by atoms with E-state index in [-0.39, 0.29) is 24.5 Å². The van der Waals surface area contributed by atoms with E-state index in [9.17, 15) is 14.7 Å². The third kappa shape index (κ3) is 4.81. The molecule has 0 bridgehead atoms. The van der Waals surface area contributed by atoms with Gasteiger partial charge in [-0.25, -0.2) is 0 Å². The van der Waals surface area contributed by atoms with Crippen molar-refractivity contribution >= 4 is 11.8 Å². The van der Waals surface area contributed by atoms with Crippen LogP contribution in [0.2, 0.25) is 0 Å². The summed E-state index contributed by atoms with van der Waals surface area (Å²) >= 11 is 0. The van der Waals surface area contributed by atoms with Gasteiger partial charge in [0.05, 0.1) is 30.6 Å². The number of hydrogen-bond acceptors (Lipinski definition) is 6. The normalized spacial score (nSPS) is 24.1. The van der Waals surface area contributed by atoms with E-state index in [4.69, 9.17) is 9.47 Å². The summed E-state index contributed by atoms with van der Waals surface area (Å²) in [6, 6.07) is 9.06. The van der Waals surface area contributed by atoms with Gasteiger partial charge < -0.3 is 24.4 Å². The molecule has 184 valence electrons. The number of likely N-dealkylation sites (N-methyl/N-ethyl adjacent to an activating group) is 1. The van der Waals surface area contributed by atoms with Crippen LogP contribution in [-0.4, -0.2) is 87.5 Å². The Morgan fingerprint density at radius 2 is 1.97 bits per heavy atom. The Kier molecular flexibility index (Phi) is 6.69. The van der Waals surface area contributed by atoms with Crippen molar-refractivity contribution in [2.24, 2.45) is 0 Å². The molecule has 2 atom stereocenters. The molecule has 2 saturated heterocycles. The van der Waals surface area contributed by atoms with Gasteiger partial charge in [0.2, 0.25) is 5.91 Å². The van der Waals surface area contributed by atoms with Gasteiger partial charge in [-0.2, -0.15) is 5.10 Å². The number of ether oxygens (including phenoxy) is 2. The van der Waals surface area contributed by atoms with Crippen LogP contribution in [0.4, 0.5) is 0 Å². The quantitative estimate of drug-likeness (QED) is 0.695. The van der Waals surface area contributed by atoms with Crippen LogP contribution in [0.25, 0.3) is 11.3 Å². The van der Waals surface area contributed by atoms with E-state index in [1.165, 1.54) is 6.92 Å². The molecule has 2 aliphatic rings. The summed E-state index contributed by atoms with van der Waals surface area (Å²) < 4.78 is 11.6. The standard InChI is InChI=1S/C25H34N4O5/c1-5-33-19-8-6-18(7-9-19)20-14-21(27-26-20)23(31)29-12-10-25(11-13-29)15-22(28(4)17(2)30)24(3,32)16-34-25/h6-9,14,22,32H,5,10-13,15-16H2,1-4H3,(H,26,27)/t22-,24-/m0/s1. The number of likely N-dealkylation sites (tertiary alicyclic amines) is 1. The lowest BCUT2D eigenvalue weighted by Crippen LogP contribution is -2.64. The third-order valence-electron chi connectivity index (χ3n) is 7.15. The molecular formula is C25H34N4O5. The number of nitrogens with one attached hydrogen (secondary N) is 1. The minimum absolute atomic E-state index is 0.0856. The number of carbonyl (C=O) groups excluding carboxylic acids is 2. The first kappa shape index (κ1) is 24.2. The first-order valence-corrected chi connectivity index (χ1v) is 11.8. The second-order valence-corrected chi connectivity index (χ2v) is 9.60. The van der Waals surface area contributed by atoms with Crippen molar-refractivity contribution in [2.45, 2.75) is 57.3 Å². The van der Waals surface area contributed by atoms with Crippen molar-refractivity contribution in [3.05, 3.63) is 36.0 Å². The highest BCUT2D eigenvalue weighted by molar-refractivity contribution is 5.93. The van der Waals surface area contributed by atoms with Crippen LogP contribution < -0.4 is 4.74 Å². The fraction of sp³-hybridized carbons (Fsp3) is 0.560. The lowest BCUT2D eigenvalue weighted by Gasteiger charge is -2.52. The molecule has 34 heavy (non-hydrogen) atoms. The van der Waals surface area contributed by atoms with E-state index in [2.05, 4.69) is 10.2 Å². The van der Waals surface area contributed by atoms with Gasteiger partial charge in [-0.3, -0.25) is 14.7 Å². The minimum Gasteiger partial charge on any atom is -0.494 e. The average molecular weight is 471 g/mol. The Morgan fingerprint density at radius 1 is 1.29 bits per heavy atom. The van der Waals surface area contributed by atoms with Gasteiger partial charge in [0.25, 0.3) is 5.91 Å². The van der Waals surface area contributed by atoms with Crippen molar-refractivity contribution in [1.82, 2.24) is 20.0 Å². The number of benzene rings is 1. The van der Waals surface area contributed by atoms with Crippen molar-refractivity contribution in [2.75, 3.05) is 33.4 Å². The maximum absolute atomic E-state index is 13.1. The zero-order chi connectivity index (χ0) is 24.5. The highest BCUT2D eigenvalue weighted by Gasteiger charge is 2.50. The van der Waals surface area contributed by atoms with E-state index in [1.54, 1.807) is 29.8 Å². The Bertz CT molecular complexity index is 1020. The van der Waals surface area contributed by atoms with Gasteiger partial charge in [0, 0.05) is 32.6 Å². The smallest absolute Gasteiger partial charge is 0.271 e. The highest BCUT2D eigenvalue weighted by Crippen LogP contribution is 2.40. The topological polar surface area (TPSA) is 108 Å². The van der Waals surface area contributed by atoms with Crippen LogP contribution in [0.3, 0.4) is 0 Å². The number of rotatable bonds is 5. The molecule has 3 heterocycles. The summed E-state index contributed by atoms with van der Waals surface area (Å²) in [7, 11) is 1.72. The monoisotopic (exact) mass is 470 g/mol. The summed E-state index contributed by atoms with van der Waals surface area (Å²) in [5.41, 5.74) is 0.495. The Balaban J connectivity index is 1.40. The number of H-pyrrole nitrogens is 1. The van der Waals surface area contributed by atoms with Gasteiger partial charge in [-0.1, -0.05) is 0 Å². The molecule has 0 unspecified atom stereocenters. The minimum atomic E-state index is -1.11. The van der Waals surface area contributed by atoms with E-state index < -0.39 is 11.2 Å². The first-order valence-electron chi connectivity index (χ1n) is 11.8. The molecule has 2 amide bonds. The predicted octanol–water partition coefficient (Wildman–Crippen LogP) is 2.47. The van der Waals surface area contributed by atoms with Crippen LogP contribution in [0.15, 0.2) is 30.3 Å².